The Labute approximate surface area is 240 Å². The van der Waals surface area contributed by atoms with Crippen LogP contribution in [0.4, 0.5) is 13.6 Å². The number of benzene rings is 2. The lowest BCUT2D eigenvalue weighted by molar-refractivity contribution is -0.123. The van der Waals surface area contributed by atoms with Crippen molar-refractivity contribution in [3.8, 4) is 5.75 Å². The second-order valence-electron chi connectivity index (χ2n) is 10.6. The maximum absolute atomic E-state index is 13.6. The SMILES string of the molecule is C[C@H](NCCc1cc(F)cc(F)c1)C(=O)C(CN(CCc1ccc(O)c2[nH]c(=O)sc12)C(=O)O)NC1CCCCC1. The highest BCUT2D eigenvalue weighted by Crippen LogP contribution is 2.28. The number of hydrogen-bond acceptors (Lipinski definition) is 7. The average molecular weight is 591 g/mol. The summed E-state index contributed by atoms with van der Waals surface area (Å²) in [6, 6.07) is 5.17. The number of carboxylic acid groups (broad SMARTS) is 1. The van der Waals surface area contributed by atoms with Gasteiger partial charge in [0.25, 0.3) is 0 Å². The fourth-order valence-corrected chi connectivity index (χ4v) is 6.28. The number of halogens is 2. The molecule has 0 bridgehead atoms. The van der Waals surface area contributed by atoms with Crippen molar-refractivity contribution < 1.29 is 28.6 Å². The zero-order valence-electron chi connectivity index (χ0n) is 22.9. The maximum atomic E-state index is 13.6. The van der Waals surface area contributed by atoms with Crippen LogP contribution in [0.15, 0.2) is 35.1 Å². The van der Waals surface area contributed by atoms with Gasteiger partial charge in [0, 0.05) is 25.2 Å². The third-order valence-corrected chi connectivity index (χ3v) is 8.52. The van der Waals surface area contributed by atoms with Gasteiger partial charge in [-0.3, -0.25) is 9.59 Å². The number of phenols is 1. The zero-order valence-corrected chi connectivity index (χ0v) is 23.7. The van der Waals surface area contributed by atoms with E-state index < -0.39 is 29.8 Å². The topological polar surface area (TPSA) is 135 Å². The Morgan fingerprint density at radius 3 is 2.51 bits per heavy atom. The van der Waals surface area contributed by atoms with Crippen LogP contribution >= 0.6 is 11.3 Å². The van der Waals surface area contributed by atoms with Crippen LogP contribution in [-0.4, -0.2) is 69.7 Å². The maximum Gasteiger partial charge on any atom is 0.407 e. The quantitative estimate of drug-likeness (QED) is 0.202. The number of carbonyl (C=O) groups is 2. The summed E-state index contributed by atoms with van der Waals surface area (Å²) in [4.78, 5) is 41.2. The number of amides is 1. The molecule has 2 atom stereocenters. The summed E-state index contributed by atoms with van der Waals surface area (Å²) in [5.41, 5.74) is 1.52. The minimum Gasteiger partial charge on any atom is -0.506 e. The molecule has 1 saturated carbocycles. The predicted molar refractivity (Wildman–Crippen MR) is 154 cm³/mol. The predicted octanol–water partition coefficient (Wildman–Crippen LogP) is 4.18. The molecule has 0 radical (unpaired) electrons. The molecule has 1 aliphatic rings. The molecule has 5 N–H and O–H groups in total. The number of rotatable bonds is 13. The van der Waals surface area contributed by atoms with Gasteiger partial charge in [-0.15, -0.1) is 0 Å². The van der Waals surface area contributed by atoms with E-state index in [4.69, 9.17) is 0 Å². The molecule has 4 rings (SSSR count). The van der Waals surface area contributed by atoms with Gasteiger partial charge in [-0.05, 0) is 68.5 Å². The van der Waals surface area contributed by atoms with Gasteiger partial charge in [0.15, 0.2) is 5.78 Å². The molecule has 1 fully saturated rings. The van der Waals surface area contributed by atoms with Crippen LogP contribution < -0.4 is 15.5 Å². The molecule has 1 unspecified atom stereocenters. The smallest absolute Gasteiger partial charge is 0.407 e. The fraction of sp³-hybridized carbons (Fsp3) is 0.483. The van der Waals surface area contributed by atoms with E-state index in [0.717, 1.165) is 55.1 Å². The number of carbonyl (C=O) groups excluding carboxylic acids is 1. The molecule has 1 heterocycles. The van der Waals surface area contributed by atoms with Crippen molar-refractivity contribution in [2.75, 3.05) is 19.6 Å². The number of aromatic hydroxyl groups is 1. The Morgan fingerprint density at radius 2 is 1.83 bits per heavy atom. The molecule has 2 aromatic carbocycles. The Balaban J connectivity index is 1.43. The van der Waals surface area contributed by atoms with E-state index >= 15 is 0 Å². The molecule has 9 nitrogen and oxygen atoms in total. The van der Waals surface area contributed by atoms with Gasteiger partial charge in [-0.2, -0.15) is 0 Å². The third-order valence-electron chi connectivity index (χ3n) is 7.56. The van der Waals surface area contributed by atoms with Gasteiger partial charge in [0.2, 0.25) is 0 Å². The number of aromatic nitrogens is 1. The van der Waals surface area contributed by atoms with E-state index in [0.29, 0.717) is 35.2 Å². The Hall–Kier alpha value is -3.35. The van der Waals surface area contributed by atoms with E-state index in [9.17, 15) is 33.4 Å². The molecule has 41 heavy (non-hydrogen) atoms. The molecule has 0 spiro atoms. The van der Waals surface area contributed by atoms with Crippen LogP contribution in [-0.2, 0) is 17.6 Å². The van der Waals surface area contributed by atoms with Gasteiger partial charge < -0.3 is 30.7 Å². The number of Topliss-reactive ketones (excluding diaryl/α,β-unsaturated/α-hetero) is 1. The first-order valence-corrected chi connectivity index (χ1v) is 14.7. The lowest BCUT2D eigenvalue weighted by Gasteiger charge is -2.32. The van der Waals surface area contributed by atoms with E-state index in [1.807, 2.05) is 0 Å². The van der Waals surface area contributed by atoms with Gasteiger partial charge >= 0.3 is 11.0 Å². The summed E-state index contributed by atoms with van der Waals surface area (Å²) in [5, 5.41) is 26.6. The Bertz CT molecular complexity index is 1400. The van der Waals surface area contributed by atoms with Crippen molar-refractivity contribution in [2.45, 2.75) is 70.0 Å². The van der Waals surface area contributed by atoms with Gasteiger partial charge in [-0.25, -0.2) is 13.6 Å². The zero-order chi connectivity index (χ0) is 29.5. The highest BCUT2D eigenvalue weighted by atomic mass is 32.1. The van der Waals surface area contributed by atoms with Crippen molar-refractivity contribution >= 4 is 33.4 Å². The van der Waals surface area contributed by atoms with Crippen LogP contribution in [0, 0.1) is 11.6 Å². The lowest BCUT2D eigenvalue weighted by atomic mass is 9.93. The van der Waals surface area contributed by atoms with Gasteiger partial charge in [-0.1, -0.05) is 36.7 Å². The Kier molecular flexibility index (Phi) is 10.5. The van der Waals surface area contributed by atoms with Gasteiger partial charge in [0.05, 0.1) is 16.8 Å². The van der Waals surface area contributed by atoms with Crippen molar-refractivity contribution in [1.29, 1.82) is 0 Å². The number of nitrogens with one attached hydrogen (secondary N) is 3. The molecule has 0 saturated heterocycles. The number of nitrogens with zero attached hydrogens (tertiary/aromatic N) is 1. The average Bonchev–Trinajstić information content (AvgIpc) is 3.33. The second-order valence-corrected chi connectivity index (χ2v) is 11.6. The number of H-pyrrole nitrogens is 1. The van der Waals surface area contributed by atoms with Crippen LogP contribution in [0.3, 0.4) is 0 Å². The van der Waals surface area contributed by atoms with Crippen LogP contribution in [0.1, 0.15) is 50.2 Å². The van der Waals surface area contributed by atoms with Crippen molar-refractivity contribution in [2.24, 2.45) is 0 Å². The minimum absolute atomic E-state index is 0.0523. The van der Waals surface area contributed by atoms with E-state index in [1.54, 1.807) is 13.0 Å². The first-order valence-electron chi connectivity index (χ1n) is 13.9. The van der Waals surface area contributed by atoms with Gasteiger partial charge in [0.1, 0.15) is 22.9 Å². The van der Waals surface area contributed by atoms with E-state index in [2.05, 4.69) is 15.6 Å². The summed E-state index contributed by atoms with van der Waals surface area (Å²) < 4.78 is 27.6. The number of ketones is 1. The third kappa shape index (κ3) is 8.34. The van der Waals surface area contributed by atoms with Crippen LogP contribution in [0.25, 0.3) is 10.2 Å². The number of hydrogen-bond donors (Lipinski definition) is 5. The van der Waals surface area contributed by atoms with Crippen molar-refractivity contribution in [3.05, 3.63) is 62.8 Å². The first-order chi connectivity index (χ1) is 19.6. The summed E-state index contributed by atoms with van der Waals surface area (Å²) in [6.07, 6.45) is 4.46. The highest BCUT2D eigenvalue weighted by Gasteiger charge is 2.30. The first kappa shape index (κ1) is 30.6. The largest absolute Gasteiger partial charge is 0.506 e. The van der Waals surface area contributed by atoms with Crippen molar-refractivity contribution in [1.82, 2.24) is 20.5 Å². The number of phenolic OH excluding ortho intramolecular Hbond substituents is 1. The molecule has 3 aromatic rings. The minimum atomic E-state index is -1.17. The van der Waals surface area contributed by atoms with Crippen LogP contribution in [0.2, 0.25) is 0 Å². The molecule has 222 valence electrons. The molecule has 1 aromatic heterocycles. The molecule has 0 aliphatic heterocycles. The normalized spacial score (nSPS) is 15.6. The summed E-state index contributed by atoms with van der Waals surface area (Å²) >= 11 is 0.953. The summed E-state index contributed by atoms with van der Waals surface area (Å²) in [7, 11) is 0. The van der Waals surface area contributed by atoms with Crippen LogP contribution in [0.5, 0.6) is 5.75 Å². The molecular formula is C29H36F2N4O5S. The molecule has 1 amide bonds. The molecule has 1 aliphatic carbocycles. The highest BCUT2D eigenvalue weighted by molar-refractivity contribution is 7.16. The lowest BCUT2D eigenvalue weighted by Crippen LogP contribution is -2.56. The standard InChI is InChI=1S/C29H36F2N4O5S/c1-17(32-11-9-18-13-20(30)15-21(31)14-18)26(37)23(33-22-5-3-2-4-6-22)16-35(29(39)40)12-10-19-7-8-24(36)25-27(19)41-28(38)34-25/h7-8,13-15,17,22-23,32-33,36H,2-6,9-12,16H2,1H3,(H,34,38)(H,39,40)/t17-,23?/m0/s1. The summed E-state index contributed by atoms with van der Waals surface area (Å²) in [6.45, 7) is 2.04. The fourth-order valence-electron chi connectivity index (χ4n) is 5.38. The second kappa shape index (κ2) is 14.0. The Morgan fingerprint density at radius 1 is 1.12 bits per heavy atom. The molecular weight excluding hydrogens is 554 g/mol. The monoisotopic (exact) mass is 590 g/mol. The van der Waals surface area contributed by atoms with E-state index in [-0.39, 0.29) is 35.5 Å². The number of aromatic amines is 1. The number of fused-ring (bicyclic) bond motifs is 1. The number of thiazole rings is 1. The molecule has 12 heteroatoms. The van der Waals surface area contributed by atoms with E-state index in [1.165, 1.54) is 23.1 Å². The summed E-state index contributed by atoms with van der Waals surface area (Å²) in [5.74, 6) is -1.56. The van der Waals surface area contributed by atoms with Crippen molar-refractivity contribution in [3.63, 3.8) is 0 Å².